The summed E-state index contributed by atoms with van der Waals surface area (Å²) in [4.78, 5) is 49.9. The summed E-state index contributed by atoms with van der Waals surface area (Å²) >= 11 is 0. The summed E-state index contributed by atoms with van der Waals surface area (Å²) < 4.78 is 4.64. The molecule has 156 valence electrons. The first-order chi connectivity index (χ1) is 14.2. The molecule has 1 atom stereocenters. The van der Waals surface area contributed by atoms with Crippen molar-refractivity contribution in [3.05, 3.63) is 70.8 Å². The van der Waals surface area contributed by atoms with Crippen molar-refractivity contribution >= 4 is 23.8 Å². The number of methoxy groups -OCH3 is 1. The third kappa shape index (κ3) is 4.17. The van der Waals surface area contributed by atoms with E-state index in [1.54, 1.807) is 43.3 Å². The molecule has 0 saturated carbocycles. The fourth-order valence-electron chi connectivity index (χ4n) is 3.20. The largest absolute Gasteiger partial charge is 0.465 e. The highest BCUT2D eigenvalue weighted by molar-refractivity contribution is 6.09. The predicted molar refractivity (Wildman–Crippen MR) is 108 cm³/mol. The van der Waals surface area contributed by atoms with Gasteiger partial charge in [-0.1, -0.05) is 42.0 Å². The molecule has 2 N–H and O–H groups in total. The van der Waals surface area contributed by atoms with Crippen LogP contribution in [0, 0.1) is 6.92 Å². The topological polar surface area (TPSA) is 105 Å². The molecule has 2 aromatic carbocycles. The lowest BCUT2D eigenvalue weighted by molar-refractivity contribution is -0.134. The number of amides is 4. The Balaban J connectivity index is 1.61. The number of hydrogen-bond acceptors (Lipinski definition) is 5. The van der Waals surface area contributed by atoms with E-state index in [-0.39, 0.29) is 13.1 Å². The van der Waals surface area contributed by atoms with E-state index < -0.39 is 29.4 Å². The van der Waals surface area contributed by atoms with E-state index in [0.717, 1.165) is 16.0 Å². The number of nitrogens with zero attached hydrogens (tertiary/aromatic N) is 1. The predicted octanol–water partition coefficient (Wildman–Crippen LogP) is 1.87. The lowest BCUT2D eigenvalue weighted by Crippen LogP contribution is -2.43. The summed E-state index contributed by atoms with van der Waals surface area (Å²) in [6.07, 6.45) is 0. The molecule has 1 fully saturated rings. The second-order valence-electron chi connectivity index (χ2n) is 7.28. The lowest BCUT2D eigenvalue weighted by atomic mass is 9.91. The van der Waals surface area contributed by atoms with E-state index in [2.05, 4.69) is 15.4 Å². The normalized spacial score (nSPS) is 18.2. The molecule has 8 heteroatoms. The van der Waals surface area contributed by atoms with E-state index >= 15 is 0 Å². The Hall–Kier alpha value is -3.68. The molecule has 0 aliphatic carbocycles. The van der Waals surface area contributed by atoms with E-state index in [1.165, 1.54) is 7.11 Å². The Morgan fingerprint density at radius 1 is 1.07 bits per heavy atom. The van der Waals surface area contributed by atoms with Gasteiger partial charge in [-0.15, -0.1) is 0 Å². The van der Waals surface area contributed by atoms with Crippen LogP contribution in [0.1, 0.15) is 34.0 Å². The molecule has 4 amide bonds. The van der Waals surface area contributed by atoms with Gasteiger partial charge in [0.25, 0.3) is 5.91 Å². The second-order valence-corrected chi connectivity index (χ2v) is 7.28. The van der Waals surface area contributed by atoms with Gasteiger partial charge in [-0.2, -0.15) is 0 Å². The van der Waals surface area contributed by atoms with Crippen LogP contribution < -0.4 is 10.6 Å². The average Bonchev–Trinajstić information content (AvgIpc) is 2.96. The van der Waals surface area contributed by atoms with Crippen molar-refractivity contribution in [3.8, 4) is 0 Å². The van der Waals surface area contributed by atoms with Gasteiger partial charge in [-0.25, -0.2) is 9.59 Å². The summed E-state index contributed by atoms with van der Waals surface area (Å²) in [6.45, 7) is 3.37. The minimum Gasteiger partial charge on any atom is -0.465 e. The highest BCUT2D eigenvalue weighted by atomic mass is 16.5. The van der Waals surface area contributed by atoms with Crippen LogP contribution in [0.25, 0.3) is 0 Å². The fourth-order valence-corrected chi connectivity index (χ4v) is 3.20. The SMILES string of the molecule is COC(=O)c1ccc(CNC(=O)CN2C(=O)N[C@](C)(c3ccc(C)cc3)C2=O)cc1. The number of rotatable bonds is 6. The molecular formula is C22H23N3O5. The van der Waals surface area contributed by atoms with Crippen molar-refractivity contribution in [1.82, 2.24) is 15.5 Å². The zero-order valence-corrected chi connectivity index (χ0v) is 17.0. The molecule has 0 spiro atoms. The zero-order valence-electron chi connectivity index (χ0n) is 17.0. The Bertz CT molecular complexity index is 985. The number of hydrogen-bond donors (Lipinski definition) is 2. The molecule has 1 saturated heterocycles. The number of benzene rings is 2. The summed E-state index contributed by atoms with van der Waals surface area (Å²) in [5.41, 5.74) is 1.64. The van der Waals surface area contributed by atoms with Gasteiger partial charge in [-0.3, -0.25) is 14.5 Å². The number of urea groups is 1. The van der Waals surface area contributed by atoms with Gasteiger partial charge in [0, 0.05) is 6.54 Å². The van der Waals surface area contributed by atoms with E-state index in [4.69, 9.17) is 0 Å². The van der Waals surface area contributed by atoms with Crippen molar-refractivity contribution in [2.75, 3.05) is 13.7 Å². The maximum Gasteiger partial charge on any atom is 0.337 e. The van der Waals surface area contributed by atoms with Gasteiger partial charge in [0.05, 0.1) is 12.7 Å². The molecule has 0 unspecified atom stereocenters. The molecule has 30 heavy (non-hydrogen) atoms. The van der Waals surface area contributed by atoms with Crippen LogP contribution in [-0.2, 0) is 26.4 Å². The summed E-state index contributed by atoms with van der Waals surface area (Å²) in [6, 6.07) is 13.3. The smallest absolute Gasteiger partial charge is 0.337 e. The first-order valence-corrected chi connectivity index (χ1v) is 9.40. The van der Waals surface area contributed by atoms with Gasteiger partial charge in [0.15, 0.2) is 0 Å². The van der Waals surface area contributed by atoms with Crippen LogP contribution in [0.3, 0.4) is 0 Å². The quantitative estimate of drug-likeness (QED) is 0.560. The third-order valence-electron chi connectivity index (χ3n) is 5.07. The molecule has 0 radical (unpaired) electrons. The first-order valence-electron chi connectivity index (χ1n) is 9.40. The molecule has 1 aliphatic rings. The number of imide groups is 1. The van der Waals surface area contributed by atoms with Crippen molar-refractivity contribution in [2.45, 2.75) is 25.9 Å². The van der Waals surface area contributed by atoms with E-state index in [0.29, 0.717) is 11.1 Å². The van der Waals surface area contributed by atoms with Crippen LogP contribution in [-0.4, -0.2) is 42.4 Å². The monoisotopic (exact) mass is 409 g/mol. The van der Waals surface area contributed by atoms with Gasteiger partial charge >= 0.3 is 12.0 Å². The number of carbonyl (C=O) groups excluding carboxylic acids is 4. The number of esters is 1. The van der Waals surface area contributed by atoms with Gasteiger partial charge in [0.1, 0.15) is 12.1 Å². The average molecular weight is 409 g/mol. The molecule has 8 nitrogen and oxygen atoms in total. The molecular weight excluding hydrogens is 386 g/mol. The number of nitrogens with one attached hydrogen (secondary N) is 2. The first kappa shape index (κ1) is 21.0. The second kappa shape index (κ2) is 8.36. The molecule has 1 heterocycles. The van der Waals surface area contributed by atoms with Crippen molar-refractivity contribution in [3.63, 3.8) is 0 Å². The maximum absolute atomic E-state index is 12.9. The van der Waals surface area contributed by atoms with Crippen LogP contribution in [0.15, 0.2) is 48.5 Å². The standard InChI is InChI=1S/C22H23N3O5/c1-14-4-10-17(11-5-14)22(2)20(28)25(21(29)24-22)13-18(26)23-12-15-6-8-16(9-7-15)19(27)30-3/h4-11H,12-13H2,1-3H3,(H,23,26)(H,24,29)/t22-/m1/s1. The molecule has 0 bridgehead atoms. The van der Waals surface area contributed by atoms with Crippen LogP contribution >= 0.6 is 0 Å². The van der Waals surface area contributed by atoms with Gasteiger partial charge < -0.3 is 15.4 Å². The van der Waals surface area contributed by atoms with Gasteiger partial charge in [0.2, 0.25) is 5.91 Å². The van der Waals surface area contributed by atoms with Crippen molar-refractivity contribution in [1.29, 1.82) is 0 Å². The van der Waals surface area contributed by atoms with Crippen molar-refractivity contribution < 1.29 is 23.9 Å². The maximum atomic E-state index is 12.9. The summed E-state index contributed by atoms with van der Waals surface area (Å²) in [7, 11) is 1.30. The van der Waals surface area contributed by atoms with Crippen LogP contribution in [0.5, 0.6) is 0 Å². The molecule has 3 rings (SSSR count). The Morgan fingerprint density at radius 3 is 2.30 bits per heavy atom. The Morgan fingerprint density at radius 2 is 1.70 bits per heavy atom. The number of ether oxygens (including phenoxy) is 1. The summed E-state index contributed by atoms with van der Waals surface area (Å²) in [5.74, 6) is -1.39. The lowest BCUT2D eigenvalue weighted by Gasteiger charge is -2.22. The fraction of sp³-hybridized carbons (Fsp3) is 0.273. The zero-order chi connectivity index (χ0) is 21.9. The Kier molecular flexibility index (Phi) is 5.86. The molecule has 0 aromatic heterocycles. The third-order valence-corrected chi connectivity index (χ3v) is 5.07. The highest BCUT2D eigenvalue weighted by Gasteiger charge is 2.49. The Labute approximate surface area is 174 Å². The minimum absolute atomic E-state index is 0.194. The van der Waals surface area contributed by atoms with Crippen LogP contribution in [0.2, 0.25) is 0 Å². The summed E-state index contributed by atoms with van der Waals surface area (Å²) in [5, 5.41) is 5.36. The van der Waals surface area contributed by atoms with E-state index in [9.17, 15) is 19.2 Å². The highest BCUT2D eigenvalue weighted by Crippen LogP contribution is 2.28. The molecule has 2 aromatic rings. The van der Waals surface area contributed by atoms with Gasteiger partial charge in [-0.05, 0) is 37.1 Å². The number of aryl methyl sites for hydroxylation is 1. The molecule has 1 aliphatic heterocycles. The van der Waals surface area contributed by atoms with Crippen LogP contribution in [0.4, 0.5) is 4.79 Å². The number of carbonyl (C=O) groups is 4. The van der Waals surface area contributed by atoms with Crippen molar-refractivity contribution in [2.24, 2.45) is 0 Å². The minimum atomic E-state index is -1.21. The van der Waals surface area contributed by atoms with E-state index in [1.807, 2.05) is 19.1 Å².